The summed E-state index contributed by atoms with van der Waals surface area (Å²) in [5, 5.41) is 10.8. The molecule has 20 heavy (non-hydrogen) atoms. The molecule has 0 aliphatic rings. The third kappa shape index (κ3) is 3.92. The van der Waals surface area contributed by atoms with Crippen molar-refractivity contribution in [3.8, 4) is 0 Å². The Hall–Kier alpha value is -1.64. The van der Waals surface area contributed by atoms with Crippen molar-refractivity contribution in [2.45, 2.75) is 25.7 Å². The Morgan fingerprint density at radius 2 is 1.40 bits per heavy atom. The summed E-state index contributed by atoms with van der Waals surface area (Å²) in [6.45, 7) is 6.86. The summed E-state index contributed by atoms with van der Waals surface area (Å²) in [4.78, 5) is 0. The fourth-order valence-corrected chi connectivity index (χ4v) is 3.49. The van der Waals surface area contributed by atoms with E-state index in [9.17, 15) is 5.11 Å². The molecule has 0 saturated carbocycles. The number of aliphatic hydroxyl groups excluding tert-OH is 1. The van der Waals surface area contributed by atoms with Crippen molar-refractivity contribution in [2.24, 2.45) is 0 Å². The Bertz CT molecular complexity index is 567. The second-order valence-corrected chi connectivity index (χ2v) is 11.2. The minimum atomic E-state index is -1.42. The van der Waals surface area contributed by atoms with Crippen molar-refractivity contribution in [1.29, 1.82) is 0 Å². The Kier molecular flexibility index (Phi) is 4.58. The van der Waals surface area contributed by atoms with Gasteiger partial charge >= 0.3 is 0 Å². The average Bonchev–Trinajstić information content (AvgIpc) is 2.45. The SMILES string of the molecule is C[Si](C)(C)/C=C(\c1ccccc1)C(O)c1ccccc1. The van der Waals surface area contributed by atoms with Crippen LogP contribution < -0.4 is 0 Å². The lowest BCUT2D eigenvalue weighted by atomic mass is 9.97. The van der Waals surface area contributed by atoms with Crippen LogP contribution in [0.3, 0.4) is 0 Å². The molecule has 0 saturated heterocycles. The number of benzene rings is 2. The molecular formula is C18H22OSi. The molecule has 0 aliphatic carbocycles. The van der Waals surface area contributed by atoms with Crippen LogP contribution in [-0.4, -0.2) is 13.2 Å². The van der Waals surface area contributed by atoms with E-state index in [2.05, 4.69) is 37.5 Å². The lowest BCUT2D eigenvalue weighted by Crippen LogP contribution is -2.18. The summed E-state index contributed by atoms with van der Waals surface area (Å²) < 4.78 is 0. The molecule has 0 bridgehead atoms. The molecule has 2 heteroatoms. The summed E-state index contributed by atoms with van der Waals surface area (Å²) in [6.07, 6.45) is -0.565. The molecule has 2 rings (SSSR count). The summed E-state index contributed by atoms with van der Waals surface area (Å²) in [7, 11) is -1.42. The zero-order valence-electron chi connectivity index (χ0n) is 12.4. The normalized spacial score (nSPS) is 14.1. The predicted molar refractivity (Wildman–Crippen MR) is 89.2 cm³/mol. The highest BCUT2D eigenvalue weighted by molar-refractivity contribution is 6.81. The molecule has 104 valence electrons. The van der Waals surface area contributed by atoms with Gasteiger partial charge in [-0.2, -0.15) is 0 Å². The molecule has 1 atom stereocenters. The Balaban J connectivity index is 2.46. The van der Waals surface area contributed by atoms with Crippen molar-refractivity contribution in [3.63, 3.8) is 0 Å². The first-order chi connectivity index (χ1) is 9.47. The highest BCUT2D eigenvalue weighted by atomic mass is 28.3. The van der Waals surface area contributed by atoms with Crippen molar-refractivity contribution in [3.05, 3.63) is 77.5 Å². The maximum Gasteiger partial charge on any atom is 0.104 e. The maximum absolute atomic E-state index is 10.8. The zero-order chi connectivity index (χ0) is 14.6. The van der Waals surface area contributed by atoms with Crippen LogP contribution in [0.2, 0.25) is 19.6 Å². The van der Waals surface area contributed by atoms with Gasteiger partial charge in [-0.3, -0.25) is 0 Å². The fraction of sp³-hybridized carbons (Fsp3) is 0.222. The van der Waals surface area contributed by atoms with Crippen LogP contribution in [0.15, 0.2) is 66.4 Å². The van der Waals surface area contributed by atoms with Gasteiger partial charge in [0.25, 0.3) is 0 Å². The highest BCUT2D eigenvalue weighted by Gasteiger charge is 2.19. The van der Waals surface area contributed by atoms with E-state index in [-0.39, 0.29) is 0 Å². The van der Waals surface area contributed by atoms with Gasteiger partial charge in [-0.15, -0.1) is 0 Å². The monoisotopic (exact) mass is 282 g/mol. The predicted octanol–water partition coefficient (Wildman–Crippen LogP) is 4.68. The number of hydrogen-bond donors (Lipinski definition) is 1. The van der Waals surface area contributed by atoms with E-state index in [0.717, 1.165) is 16.7 Å². The molecule has 1 N–H and O–H groups in total. The number of rotatable bonds is 4. The van der Waals surface area contributed by atoms with Crippen LogP contribution >= 0.6 is 0 Å². The average molecular weight is 282 g/mol. The first-order valence-corrected chi connectivity index (χ1v) is 10.6. The van der Waals surface area contributed by atoms with Crippen LogP contribution in [0, 0.1) is 0 Å². The summed E-state index contributed by atoms with van der Waals surface area (Å²) in [6, 6.07) is 20.0. The van der Waals surface area contributed by atoms with Gasteiger partial charge in [0.1, 0.15) is 6.10 Å². The van der Waals surface area contributed by atoms with Gasteiger partial charge in [-0.1, -0.05) is 86.0 Å². The summed E-state index contributed by atoms with van der Waals surface area (Å²) in [5.41, 5.74) is 5.36. The fourth-order valence-electron chi connectivity index (χ4n) is 2.23. The molecule has 2 aromatic carbocycles. The van der Waals surface area contributed by atoms with Crippen LogP contribution in [0.25, 0.3) is 5.57 Å². The van der Waals surface area contributed by atoms with E-state index in [1.54, 1.807) is 0 Å². The van der Waals surface area contributed by atoms with E-state index in [1.807, 2.05) is 48.5 Å². The van der Waals surface area contributed by atoms with E-state index >= 15 is 0 Å². The largest absolute Gasteiger partial charge is 0.384 e. The van der Waals surface area contributed by atoms with E-state index < -0.39 is 14.2 Å². The lowest BCUT2D eigenvalue weighted by Gasteiger charge is -2.20. The van der Waals surface area contributed by atoms with Crippen molar-refractivity contribution < 1.29 is 5.11 Å². The minimum Gasteiger partial charge on any atom is -0.384 e. The first kappa shape index (κ1) is 14.8. The Morgan fingerprint density at radius 3 is 1.90 bits per heavy atom. The van der Waals surface area contributed by atoms with Gasteiger partial charge in [0.2, 0.25) is 0 Å². The van der Waals surface area contributed by atoms with Crippen LogP contribution in [0.1, 0.15) is 17.2 Å². The molecule has 1 unspecified atom stereocenters. The molecule has 0 heterocycles. The Labute approximate surface area is 122 Å². The van der Waals surface area contributed by atoms with E-state index in [1.165, 1.54) is 0 Å². The second kappa shape index (κ2) is 6.20. The van der Waals surface area contributed by atoms with Gasteiger partial charge in [-0.05, 0) is 16.7 Å². The third-order valence-electron chi connectivity index (χ3n) is 3.11. The van der Waals surface area contributed by atoms with Crippen molar-refractivity contribution >= 4 is 13.6 Å². The summed E-state index contributed by atoms with van der Waals surface area (Å²) in [5.74, 6) is 0. The molecule has 0 spiro atoms. The maximum atomic E-state index is 10.8. The standard InChI is InChI=1S/C18H22OSi/c1-20(2,3)14-17(15-10-6-4-7-11-15)18(19)16-12-8-5-9-13-16/h4-14,18-19H,1-3H3/b17-14+. The quantitative estimate of drug-likeness (QED) is 0.807. The van der Waals surface area contributed by atoms with Crippen molar-refractivity contribution in [1.82, 2.24) is 0 Å². The van der Waals surface area contributed by atoms with Crippen molar-refractivity contribution in [2.75, 3.05) is 0 Å². The van der Waals surface area contributed by atoms with Crippen LogP contribution in [0.4, 0.5) is 0 Å². The van der Waals surface area contributed by atoms with Crippen LogP contribution in [-0.2, 0) is 0 Å². The molecule has 2 aromatic rings. The smallest absolute Gasteiger partial charge is 0.104 e. The second-order valence-electron chi connectivity index (χ2n) is 6.14. The lowest BCUT2D eigenvalue weighted by molar-refractivity contribution is 0.238. The van der Waals surface area contributed by atoms with Gasteiger partial charge in [0.05, 0.1) is 8.07 Å². The van der Waals surface area contributed by atoms with Gasteiger partial charge < -0.3 is 5.11 Å². The van der Waals surface area contributed by atoms with E-state index in [4.69, 9.17) is 0 Å². The minimum absolute atomic E-state index is 0.565. The molecule has 0 aromatic heterocycles. The topological polar surface area (TPSA) is 20.2 Å². The first-order valence-electron chi connectivity index (χ1n) is 6.98. The Morgan fingerprint density at radius 1 is 0.900 bits per heavy atom. The summed E-state index contributed by atoms with van der Waals surface area (Å²) >= 11 is 0. The molecule has 0 fully saturated rings. The van der Waals surface area contributed by atoms with Gasteiger partial charge in [-0.25, -0.2) is 0 Å². The molecule has 0 radical (unpaired) electrons. The highest BCUT2D eigenvalue weighted by Crippen LogP contribution is 2.31. The number of hydrogen-bond acceptors (Lipinski definition) is 1. The molecule has 1 nitrogen and oxygen atoms in total. The molecule has 0 amide bonds. The van der Waals surface area contributed by atoms with E-state index in [0.29, 0.717) is 0 Å². The third-order valence-corrected chi connectivity index (χ3v) is 4.28. The van der Waals surface area contributed by atoms with Crippen LogP contribution in [0.5, 0.6) is 0 Å². The number of aliphatic hydroxyl groups is 1. The van der Waals surface area contributed by atoms with Gasteiger partial charge in [0.15, 0.2) is 0 Å². The van der Waals surface area contributed by atoms with Gasteiger partial charge in [0, 0.05) is 0 Å². The molecule has 0 aliphatic heterocycles. The molecular weight excluding hydrogens is 260 g/mol. The zero-order valence-corrected chi connectivity index (χ0v) is 13.4.